The summed E-state index contributed by atoms with van der Waals surface area (Å²) in [5, 5.41) is 5.60. The van der Waals surface area contributed by atoms with Gasteiger partial charge in [0, 0.05) is 29.1 Å². The van der Waals surface area contributed by atoms with E-state index >= 15 is 0 Å². The summed E-state index contributed by atoms with van der Waals surface area (Å²) in [6.45, 7) is 4.37. The minimum absolute atomic E-state index is 0.682. The molecule has 0 radical (unpaired) electrons. The molecule has 96 valence electrons. The molecule has 3 heteroatoms. The minimum Gasteiger partial charge on any atom is -0.347 e. The zero-order valence-electron chi connectivity index (χ0n) is 11.0. The number of nitrogens with zero attached hydrogens (tertiary/aromatic N) is 1. The summed E-state index contributed by atoms with van der Waals surface area (Å²) in [4.78, 5) is 0. The Balaban J connectivity index is 2.13. The maximum Gasteiger partial charge on any atom is 0.0524 e. The first-order valence-electron chi connectivity index (χ1n) is 6.63. The second-order valence-corrected chi connectivity index (χ2v) is 5.67. The average Bonchev–Trinajstić information content (AvgIpc) is 2.73. The number of aromatic nitrogens is 1. The van der Waals surface area contributed by atoms with Crippen molar-refractivity contribution >= 4 is 22.5 Å². The lowest BCUT2D eigenvalue weighted by atomic mass is 9.94. The van der Waals surface area contributed by atoms with Crippen LogP contribution in [0.1, 0.15) is 30.0 Å². The van der Waals surface area contributed by atoms with E-state index < -0.39 is 0 Å². The summed E-state index contributed by atoms with van der Waals surface area (Å²) in [6.07, 6.45) is 2.47. The first-order valence-corrected chi connectivity index (χ1v) is 7.01. The van der Waals surface area contributed by atoms with Crippen LogP contribution in [-0.4, -0.2) is 17.7 Å². The molecule has 0 bridgehead atoms. The number of fused-ring (bicyclic) bond motifs is 1. The highest BCUT2D eigenvalue weighted by atomic mass is 35.5. The van der Waals surface area contributed by atoms with Crippen LogP contribution in [0.4, 0.5) is 0 Å². The molecule has 1 N–H and O–H groups in total. The van der Waals surface area contributed by atoms with E-state index in [9.17, 15) is 0 Å². The molecular weight excluding hydrogens is 244 g/mol. The topological polar surface area (TPSA) is 17.0 Å². The van der Waals surface area contributed by atoms with Gasteiger partial charge in [0.05, 0.1) is 5.52 Å². The van der Waals surface area contributed by atoms with E-state index in [4.69, 9.17) is 11.6 Å². The predicted octanol–water partition coefficient (Wildman–Crippen LogP) is 3.61. The summed E-state index contributed by atoms with van der Waals surface area (Å²) in [6, 6.07) is 6.48. The largest absolute Gasteiger partial charge is 0.347 e. The van der Waals surface area contributed by atoms with Gasteiger partial charge in [-0.15, -0.1) is 0 Å². The normalized spacial score (nSPS) is 17.5. The summed E-state index contributed by atoms with van der Waals surface area (Å²) in [5.74, 6) is 0.682. The van der Waals surface area contributed by atoms with Crippen molar-refractivity contribution in [1.29, 1.82) is 0 Å². The van der Waals surface area contributed by atoms with Gasteiger partial charge < -0.3 is 9.88 Å². The van der Waals surface area contributed by atoms with Gasteiger partial charge in [-0.3, -0.25) is 0 Å². The zero-order chi connectivity index (χ0) is 12.7. The fourth-order valence-electron chi connectivity index (χ4n) is 3.15. The standard InChI is InChI=1S/C15H19ClN2/c1-10-13(16)4-3-12-9-14(18(2)15(10)12)11-5-7-17-8-6-11/h3-4,9,11,17H,5-8H2,1-2H3. The third-order valence-corrected chi connectivity index (χ3v) is 4.59. The molecule has 18 heavy (non-hydrogen) atoms. The van der Waals surface area contributed by atoms with E-state index in [2.05, 4.69) is 36.0 Å². The lowest BCUT2D eigenvalue weighted by Crippen LogP contribution is -2.27. The van der Waals surface area contributed by atoms with Crippen LogP contribution >= 0.6 is 11.6 Å². The van der Waals surface area contributed by atoms with E-state index in [-0.39, 0.29) is 0 Å². The summed E-state index contributed by atoms with van der Waals surface area (Å²) in [5.41, 5.74) is 3.93. The van der Waals surface area contributed by atoms with Crippen molar-refractivity contribution in [2.45, 2.75) is 25.7 Å². The number of rotatable bonds is 1. The molecule has 2 nitrogen and oxygen atoms in total. The SMILES string of the molecule is Cc1c(Cl)ccc2cc(C3CCNCC3)n(C)c12. The zero-order valence-corrected chi connectivity index (χ0v) is 11.7. The first kappa shape index (κ1) is 12.1. The highest BCUT2D eigenvalue weighted by Crippen LogP contribution is 2.33. The summed E-state index contributed by atoms with van der Waals surface area (Å²) in [7, 11) is 2.17. The molecule has 0 amide bonds. The van der Waals surface area contributed by atoms with Crippen molar-refractivity contribution in [3.63, 3.8) is 0 Å². The highest BCUT2D eigenvalue weighted by molar-refractivity contribution is 6.32. The first-order chi connectivity index (χ1) is 8.68. The Kier molecular flexibility index (Phi) is 3.08. The molecule has 2 heterocycles. The monoisotopic (exact) mass is 262 g/mol. The van der Waals surface area contributed by atoms with Crippen molar-refractivity contribution in [2.75, 3.05) is 13.1 Å². The Morgan fingerprint density at radius 1 is 1.28 bits per heavy atom. The van der Waals surface area contributed by atoms with Gasteiger partial charge in [0.2, 0.25) is 0 Å². The molecular formula is C15H19ClN2. The molecule has 3 rings (SSSR count). The van der Waals surface area contributed by atoms with Gasteiger partial charge in [-0.2, -0.15) is 0 Å². The van der Waals surface area contributed by atoms with Gasteiger partial charge >= 0.3 is 0 Å². The Bertz CT molecular complexity index is 580. The third-order valence-electron chi connectivity index (χ3n) is 4.18. The molecule has 0 atom stereocenters. The minimum atomic E-state index is 0.682. The third kappa shape index (κ3) is 1.84. The number of halogens is 1. The Hall–Kier alpha value is -0.990. The van der Waals surface area contributed by atoms with Crippen molar-refractivity contribution < 1.29 is 0 Å². The van der Waals surface area contributed by atoms with Gasteiger partial charge in [0.1, 0.15) is 0 Å². The molecule has 0 spiro atoms. The molecule has 0 saturated carbocycles. The predicted molar refractivity (Wildman–Crippen MR) is 77.5 cm³/mol. The quantitative estimate of drug-likeness (QED) is 0.831. The number of nitrogens with one attached hydrogen (secondary N) is 1. The molecule has 1 aliphatic heterocycles. The van der Waals surface area contributed by atoms with Crippen molar-refractivity contribution in [1.82, 2.24) is 9.88 Å². The number of aryl methyl sites for hydroxylation is 2. The van der Waals surface area contributed by atoms with Crippen molar-refractivity contribution in [2.24, 2.45) is 7.05 Å². The number of piperidine rings is 1. The van der Waals surface area contributed by atoms with Gasteiger partial charge in [-0.25, -0.2) is 0 Å². The maximum absolute atomic E-state index is 6.23. The molecule has 0 aliphatic carbocycles. The van der Waals surface area contributed by atoms with Crippen LogP contribution in [0.2, 0.25) is 5.02 Å². The second-order valence-electron chi connectivity index (χ2n) is 5.26. The molecule has 1 aromatic heterocycles. The van der Waals surface area contributed by atoms with Crippen LogP contribution < -0.4 is 5.32 Å². The lowest BCUT2D eigenvalue weighted by Gasteiger charge is -2.23. The Labute approximate surface area is 113 Å². The number of hydrogen-bond acceptors (Lipinski definition) is 1. The van der Waals surface area contributed by atoms with Gasteiger partial charge in [-0.1, -0.05) is 17.7 Å². The van der Waals surface area contributed by atoms with E-state index in [0.29, 0.717) is 5.92 Å². The fraction of sp³-hybridized carbons (Fsp3) is 0.467. The number of benzene rings is 1. The summed E-state index contributed by atoms with van der Waals surface area (Å²) >= 11 is 6.23. The van der Waals surface area contributed by atoms with E-state index in [1.54, 1.807) is 0 Å². The van der Waals surface area contributed by atoms with Crippen LogP contribution in [0.15, 0.2) is 18.2 Å². The van der Waals surface area contributed by atoms with Crippen LogP contribution in [0.3, 0.4) is 0 Å². The Morgan fingerprint density at radius 2 is 2.00 bits per heavy atom. The maximum atomic E-state index is 6.23. The van der Waals surface area contributed by atoms with Crippen LogP contribution in [0.5, 0.6) is 0 Å². The molecule has 1 fully saturated rings. The molecule has 1 aliphatic rings. The fourth-order valence-corrected chi connectivity index (χ4v) is 3.31. The van der Waals surface area contributed by atoms with Gasteiger partial charge in [0.25, 0.3) is 0 Å². The van der Waals surface area contributed by atoms with Gasteiger partial charge in [0.15, 0.2) is 0 Å². The van der Waals surface area contributed by atoms with E-state index in [1.807, 2.05) is 6.07 Å². The number of hydrogen-bond donors (Lipinski definition) is 1. The highest BCUT2D eigenvalue weighted by Gasteiger charge is 2.20. The average molecular weight is 263 g/mol. The molecule has 1 saturated heterocycles. The lowest BCUT2D eigenvalue weighted by molar-refractivity contribution is 0.446. The molecule has 2 aromatic rings. The molecule has 0 unspecified atom stereocenters. The van der Waals surface area contributed by atoms with Crippen LogP contribution in [-0.2, 0) is 7.05 Å². The smallest absolute Gasteiger partial charge is 0.0524 e. The van der Waals surface area contributed by atoms with Crippen molar-refractivity contribution in [3.05, 3.63) is 34.5 Å². The Morgan fingerprint density at radius 3 is 2.72 bits per heavy atom. The van der Waals surface area contributed by atoms with Crippen molar-refractivity contribution in [3.8, 4) is 0 Å². The second kappa shape index (κ2) is 4.60. The van der Waals surface area contributed by atoms with E-state index in [1.165, 1.54) is 35.0 Å². The van der Waals surface area contributed by atoms with Crippen LogP contribution in [0, 0.1) is 6.92 Å². The van der Waals surface area contributed by atoms with Crippen LogP contribution in [0.25, 0.3) is 10.9 Å². The van der Waals surface area contributed by atoms with Gasteiger partial charge in [-0.05, 0) is 50.6 Å². The van der Waals surface area contributed by atoms with E-state index in [0.717, 1.165) is 18.1 Å². The molecule has 1 aromatic carbocycles. The summed E-state index contributed by atoms with van der Waals surface area (Å²) < 4.78 is 2.34.